The van der Waals surface area contributed by atoms with Crippen LogP contribution in [0.4, 0.5) is 13.6 Å². The molecule has 1 unspecified atom stereocenters. The van der Waals surface area contributed by atoms with Crippen molar-refractivity contribution < 1.29 is 36.4 Å². The van der Waals surface area contributed by atoms with Crippen molar-refractivity contribution in [1.29, 1.82) is 0 Å². The Morgan fingerprint density at radius 2 is 1.54 bits per heavy atom. The molecule has 2 aliphatic rings. The molecule has 12 nitrogen and oxygen atoms in total. The van der Waals surface area contributed by atoms with Gasteiger partial charge in [-0.3, -0.25) is 14.4 Å². The minimum absolute atomic E-state index is 0.00577. The first-order chi connectivity index (χ1) is 22.8. The largest absolute Gasteiger partial charge is 0.348 e. The quantitative estimate of drug-likeness (QED) is 0.244. The number of sulfonamides is 1. The Bertz CT molecular complexity index is 1510. The maximum atomic E-state index is 14.3. The van der Waals surface area contributed by atoms with E-state index in [0.717, 1.165) is 16.1 Å². The number of nitrogens with one attached hydrogen (secondary N) is 4. The topological polar surface area (TPSA) is 157 Å². The molecule has 1 saturated carbocycles. The molecule has 5 amide bonds. The summed E-state index contributed by atoms with van der Waals surface area (Å²) in [5, 5.41) is 10.9. The van der Waals surface area contributed by atoms with Crippen LogP contribution in [0.25, 0.3) is 0 Å². The van der Waals surface area contributed by atoms with Crippen LogP contribution in [0.5, 0.6) is 0 Å². The Morgan fingerprint density at radius 3 is 2.04 bits per heavy atom. The van der Waals surface area contributed by atoms with E-state index in [1.54, 1.807) is 52.0 Å². The lowest BCUT2D eigenvalue weighted by atomic mass is 9.85. The molecule has 1 heterocycles. The molecule has 0 radical (unpaired) electrons. The van der Waals surface area contributed by atoms with E-state index in [-0.39, 0.29) is 30.3 Å². The second-order valence-electron chi connectivity index (χ2n) is 16.6. The van der Waals surface area contributed by atoms with E-state index in [1.165, 1.54) is 11.9 Å². The molecule has 1 aromatic rings. The predicted molar refractivity (Wildman–Crippen MR) is 187 cm³/mol. The Morgan fingerprint density at radius 1 is 0.960 bits per heavy atom. The van der Waals surface area contributed by atoms with Gasteiger partial charge >= 0.3 is 6.03 Å². The lowest BCUT2D eigenvalue weighted by Crippen LogP contribution is -2.62. The van der Waals surface area contributed by atoms with Gasteiger partial charge in [0.05, 0.1) is 12.3 Å². The lowest BCUT2D eigenvalue weighted by molar-refractivity contribution is -0.144. The number of amides is 5. The third kappa shape index (κ3) is 9.92. The highest BCUT2D eigenvalue weighted by molar-refractivity contribution is 7.88. The first kappa shape index (κ1) is 41.1. The van der Waals surface area contributed by atoms with Crippen LogP contribution in [0, 0.1) is 28.1 Å². The molecule has 0 spiro atoms. The number of likely N-dealkylation sites (tertiary alicyclic amines) is 1. The molecule has 1 saturated heterocycles. The van der Waals surface area contributed by atoms with Gasteiger partial charge in [-0.15, -0.1) is 0 Å². The Kier molecular flexibility index (Phi) is 12.4. The minimum Gasteiger partial charge on any atom is -0.348 e. The van der Waals surface area contributed by atoms with Crippen LogP contribution in [-0.4, -0.2) is 98.4 Å². The third-order valence-electron chi connectivity index (χ3n) is 10.2. The molecule has 1 aromatic carbocycles. The van der Waals surface area contributed by atoms with E-state index in [9.17, 15) is 36.4 Å². The Hall–Kier alpha value is -3.33. The highest BCUT2D eigenvalue weighted by Crippen LogP contribution is 2.65. The minimum atomic E-state index is -3.53. The molecule has 1 aliphatic heterocycles. The highest BCUT2D eigenvalue weighted by Gasteiger charge is 2.70. The molecule has 7 atom stereocenters. The molecular formula is C35H56F2N6O6S. The molecule has 282 valence electrons. The van der Waals surface area contributed by atoms with Gasteiger partial charge in [0.25, 0.3) is 0 Å². The number of nitrogens with zero attached hydrogens (tertiary/aromatic N) is 2. The van der Waals surface area contributed by atoms with Crippen molar-refractivity contribution in [2.24, 2.45) is 28.1 Å². The summed E-state index contributed by atoms with van der Waals surface area (Å²) in [5.74, 6) is -2.33. The van der Waals surface area contributed by atoms with Gasteiger partial charge in [-0.05, 0) is 40.6 Å². The van der Waals surface area contributed by atoms with Crippen LogP contribution in [0.15, 0.2) is 30.3 Å². The van der Waals surface area contributed by atoms with Crippen LogP contribution >= 0.6 is 0 Å². The SMILES string of the molecule is CC(NC(=O)[C@H](CC(F)F)NC(=O)[C@@H]1[C@@H]2[C@H](CN1C(=O)[C@@H](NC(=O)N[C@H](CN(C)S(C)(=O)=O)C(C)(C)C)C(C)(C)C)C2(C)C)c1ccccc1. The number of rotatable bonds is 13. The molecule has 3 rings (SSSR count). The summed E-state index contributed by atoms with van der Waals surface area (Å²) < 4.78 is 52.8. The molecule has 0 bridgehead atoms. The van der Waals surface area contributed by atoms with E-state index in [0.29, 0.717) is 0 Å². The number of carbonyl (C=O) groups is 4. The standard InChI is InChI=1S/C35H56F2N6O6S/c1-20(21-15-13-12-14-16-21)38-29(44)23(17-25(36)37)39-30(45)27-26-22(35(26,8)9)18-43(27)31(46)28(34(5,6)7)41-32(47)40-24(33(2,3)4)19-42(10)50(11,48)49/h12-16,20,22-28H,17-19H2,1-11H3,(H,38,44)(H,39,45)(H2,40,41,47)/t20?,22-,23-,24+,26-,27-,28+/m0/s1. The van der Waals surface area contributed by atoms with Crippen LogP contribution in [-0.2, 0) is 24.4 Å². The Labute approximate surface area is 295 Å². The fraction of sp³-hybridized carbons (Fsp3) is 0.714. The van der Waals surface area contributed by atoms with Crippen LogP contribution in [0.2, 0.25) is 0 Å². The van der Waals surface area contributed by atoms with E-state index in [4.69, 9.17) is 0 Å². The number of hydrogen-bond acceptors (Lipinski definition) is 6. The highest BCUT2D eigenvalue weighted by atomic mass is 32.2. The van der Waals surface area contributed by atoms with E-state index < -0.39 is 87.7 Å². The maximum absolute atomic E-state index is 14.3. The molecular weight excluding hydrogens is 670 g/mol. The second kappa shape index (κ2) is 15.1. The smallest absolute Gasteiger partial charge is 0.315 e. The average Bonchev–Trinajstić information content (AvgIpc) is 3.29. The fourth-order valence-corrected chi connectivity index (χ4v) is 7.11. The lowest BCUT2D eigenvalue weighted by Gasteiger charge is -2.39. The average molecular weight is 727 g/mol. The van der Waals surface area contributed by atoms with E-state index in [2.05, 4.69) is 21.3 Å². The van der Waals surface area contributed by atoms with Crippen molar-refractivity contribution in [1.82, 2.24) is 30.5 Å². The van der Waals surface area contributed by atoms with Crippen molar-refractivity contribution in [3.05, 3.63) is 35.9 Å². The van der Waals surface area contributed by atoms with Gasteiger partial charge in [0.15, 0.2) is 0 Å². The molecule has 2 fully saturated rings. The number of hydrogen-bond donors (Lipinski definition) is 4. The van der Waals surface area contributed by atoms with Gasteiger partial charge in [0.1, 0.15) is 18.1 Å². The summed E-state index contributed by atoms with van der Waals surface area (Å²) in [6, 6.07) is 3.45. The summed E-state index contributed by atoms with van der Waals surface area (Å²) in [6.07, 6.45) is -2.72. The zero-order valence-corrected chi connectivity index (χ0v) is 32.0. The monoisotopic (exact) mass is 726 g/mol. The van der Waals surface area contributed by atoms with E-state index >= 15 is 0 Å². The molecule has 15 heteroatoms. The van der Waals surface area contributed by atoms with Gasteiger partial charge in [0, 0.05) is 32.6 Å². The number of urea groups is 1. The summed E-state index contributed by atoms with van der Waals surface area (Å²) >= 11 is 0. The number of halogens is 2. The normalized spacial score (nSPS) is 22.6. The van der Waals surface area contributed by atoms with Crippen LogP contribution in [0.3, 0.4) is 0 Å². The number of piperidine rings is 1. The van der Waals surface area contributed by atoms with Crippen molar-refractivity contribution in [2.45, 2.75) is 105 Å². The van der Waals surface area contributed by atoms with Gasteiger partial charge in [0.2, 0.25) is 34.2 Å². The van der Waals surface area contributed by atoms with Crippen molar-refractivity contribution in [3.63, 3.8) is 0 Å². The Balaban J connectivity index is 1.84. The number of carbonyl (C=O) groups excluding carboxylic acids is 4. The first-order valence-corrected chi connectivity index (χ1v) is 18.8. The number of alkyl halides is 2. The van der Waals surface area contributed by atoms with Gasteiger partial charge < -0.3 is 26.2 Å². The number of likely N-dealkylation sites (N-methyl/N-ethyl adjacent to an activating group) is 1. The number of fused-ring (bicyclic) bond motifs is 1. The van der Waals surface area contributed by atoms with Crippen LogP contribution < -0.4 is 21.3 Å². The maximum Gasteiger partial charge on any atom is 0.315 e. The molecule has 50 heavy (non-hydrogen) atoms. The van der Waals surface area contributed by atoms with Gasteiger partial charge in [-0.1, -0.05) is 85.7 Å². The summed E-state index contributed by atoms with van der Waals surface area (Å²) in [6.45, 7) is 16.7. The summed E-state index contributed by atoms with van der Waals surface area (Å²) in [5.41, 5.74) is -0.930. The van der Waals surface area contributed by atoms with Gasteiger partial charge in [-0.2, -0.15) is 0 Å². The second-order valence-corrected chi connectivity index (χ2v) is 18.7. The van der Waals surface area contributed by atoms with Gasteiger partial charge in [-0.25, -0.2) is 26.3 Å². The molecule has 1 aliphatic carbocycles. The van der Waals surface area contributed by atoms with Crippen molar-refractivity contribution >= 4 is 33.8 Å². The zero-order valence-electron chi connectivity index (χ0n) is 31.1. The third-order valence-corrected chi connectivity index (χ3v) is 11.5. The molecule has 0 aromatic heterocycles. The molecule has 4 N–H and O–H groups in total. The number of benzene rings is 1. The van der Waals surface area contributed by atoms with Crippen molar-refractivity contribution in [2.75, 3.05) is 26.4 Å². The van der Waals surface area contributed by atoms with Crippen molar-refractivity contribution in [3.8, 4) is 0 Å². The summed E-state index contributed by atoms with van der Waals surface area (Å²) in [4.78, 5) is 56.4. The first-order valence-electron chi connectivity index (χ1n) is 17.0. The van der Waals surface area contributed by atoms with Crippen LogP contribution in [0.1, 0.15) is 80.3 Å². The zero-order chi connectivity index (χ0) is 38.1. The van der Waals surface area contributed by atoms with E-state index in [1.807, 2.05) is 40.7 Å². The summed E-state index contributed by atoms with van der Waals surface area (Å²) in [7, 11) is -2.12. The fourth-order valence-electron chi connectivity index (χ4n) is 6.69. The predicted octanol–water partition coefficient (Wildman–Crippen LogP) is 3.51.